The van der Waals surface area contributed by atoms with Crippen LogP contribution in [0.4, 0.5) is 0 Å². The lowest BCUT2D eigenvalue weighted by Gasteiger charge is -2.26. The molecule has 128 valence electrons. The molecule has 0 bridgehead atoms. The zero-order valence-electron chi connectivity index (χ0n) is 15.0. The van der Waals surface area contributed by atoms with E-state index in [1.807, 2.05) is 0 Å². The van der Waals surface area contributed by atoms with Crippen molar-refractivity contribution in [2.75, 3.05) is 26.3 Å². The molecule has 1 aromatic rings. The van der Waals surface area contributed by atoms with Crippen LogP contribution in [0, 0.1) is 11.8 Å². The van der Waals surface area contributed by atoms with Crippen LogP contribution in [0.5, 0.6) is 0 Å². The van der Waals surface area contributed by atoms with Crippen molar-refractivity contribution in [3.8, 4) is 0 Å². The molecule has 0 spiro atoms. The van der Waals surface area contributed by atoms with Crippen LogP contribution in [0.3, 0.4) is 0 Å². The molecular formula is C18H34N2O2. The van der Waals surface area contributed by atoms with Crippen molar-refractivity contribution in [3.63, 3.8) is 0 Å². The number of nitrogens with zero attached hydrogens (tertiary/aromatic N) is 2. The lowest BCUT2D eigenvalue weighted by Crippen LogP contribution is -2.36. The quantitative estimate of drug-likeness (QED) is 0.683. The van der Waals surface area contributed by atoms with Gasteiger partial charge in [0.05, 0.1) is 12.7 Å². The Morgan fingerprint density at radius 3 is 2.45 bits per heavy atom. The smallest absolute Gasteiger partial charge is 0.0900 e. The van der Waals surface area contributed by atoms with E-state index in [9.17, 15) is 5.11 Å². The SMILES string of the molecule is CC(C)CCN(Cc1cccn1C)C[C@@H](O)COCC(C)C. The van der Waals surface area contributed by atoms with Crippen molar-refractivity contribution in [2.45, 2.75) is 46.8 Å². The number of rotatable bonds is 11. The monoisotopic (exact) mass is 310 g/mol. The number of ether oxygens (including phenoxy) is 1. The van der Waals surface area contributed by atoms with E-state index in [0.717, 1.165) is 19.5 Å². The van der Waals surface area contributed by atoms with Gasteiger partial charge in [-0.1, -0.05) is 27.7 Å². The van der Waals surface area contributed by atoms with E-state index in [1.54, 1.807) is 0 Å². The van der Waals surface area contributed by atoms with E-state index in [2.05, 4.69) is 62.5 Å². The minimum absolute atomic E-state index is 0.420. The summed E-state index contributed by atoms with van der Waals surface area (Å²) in [6.45, 7) is 12.4. The van der Waals surface area contributed by atoms with Gasteiger partial charge in [-0.15, -0.1) is 0 Å². The molecule has 1 N–H and O–H groups in total. The Bertz CT molecular complexity index is 402. The van der Waals surface area contributed by atoms with Crippen molar-refractivity contribution in [2.24, 2.45) is 18.9 Å². The first-order valence-corrected chi connectivity index (χ1v) is 8.46. The molecule has 4 nitrogen and oxygen atoms in total. The third-order valence-corrected chi connectivity index (χ3v) is 3.69. The van der Waals surface area contributed by atoms with Crippen LogP contribution in [-0.2, 0) is 18.3 Å². The lowest BCUT2D eigenvalue weighted by molar-refractivity contribution is 0.00599. The molecule has 0 amide bonds. The molecule has 1 aromatic heterocycles. The molecule has 0 saturated carbocycles. The molecule has 1 rings (SSSR count). The summed E-state index contributed by atoms with van der Waals surface area (Å²) in [7, 11) is 2.07. The maximum Gasteiger partial charge on any atom is 0.0900 e. The predicted octanol–water partition coefficient (Wildman–Crippen LogP) is 2.91. The Hall–Kier alpha value is -0.840. The van der Waals surface area contributed by atoms with Gasteiger partial charge in [0.15, 0.2) is 0 Å². The Labute approximate surface area is 136 Å². The molecule has 0 unspecified atom stereocenters. The zero-order chi connectivity index (χ0) is 16.5. The van der Waals surface area contributed by atoms with E-state index in [-0.39, 0.29) is 0 Å². The second-order valence-electron chi connectivity index (χ2n) is 7.11. The van der Waals surface area contributed by atoms with Gasteiger partial charge in [0.25, 0.3) is 0 Å². The summed E-state index contributed by atoms with van der Waals surface area (Å²) in [6.07, 6.45) is 2.79. The van der Waals surface area contributed by atoms with Crippen LogP contribution in [0.2, 0.25) is 0 Å². The number of hydrogen-bond donors (Lipinski definition) is 1. The number of hydrogen-bond acceptors (Lipinski definition) is 3. The minimum atomic E-state index is -0.425. The summed E-state index contributed by atoms with van der Waals surface area (Å²) in [4.78, 5) is 2.33. The average molecular weight is 310 g/mol. The summed E-state index contributed by atoms with van der Waals surface area (Å²) >= 11 is 0. The summed E-state index contributed by atoms with van der Waals surface area (Å²) in [6, 6.07) is 4.21. The number of aliphatic hydroxyl groups is 1. The van der Waals surface area contributed by atoms with Gasteiger partial charge in [-0.05, 0) is 36.9 Å². The van der Waals surface area contributed by atoms with Crippen LogP contribution < -0.4 is 0 Å². The van der Waals surface area contributed by atoms with E-state index >= 15 is 0 Å². The van der Waals surface area contributed by atoms with Gasteiger partial charge in [0.2, 0.25) is 0 Å². The van der Waals surface area contributed by atoms with Crippen LogP contribution in [0.15, 0.2) is 18.3 Å². The summed E-state index contributed by atoms with van der Waals surface area (Å²) in [5.74, 6) is 1.18. The normalized spacial score (nSPS) is 13.5. The average Bonchev–Trinajstić information content (AvgIpc) is 2.81. The third-order valence-electron chi connectivity index (χ3n) is 3.69. The fourth-order valence-corrected chi connectivity index (χ4v) is 2.36. The van der Waals surface area contributed by atoms with Crippen molar-refractivity contribution in [1.82, 2.24) is 9.47 Å². The number of aliphatic hydroxyl groups excluding tert-OH is 1. The molecule has 0 fully saturated rings. The molecule has 0 aliphatic heterocycles. The zero-order valence-corrected chi connectivity index (χ0v) is 15.0. The fourth-order valence-electron chi connectivity index (χ4n) is 2.36. The molecule has 4 heteroatoms. The fraction of sp³-hybridized carbons (Fsp3) is 0.778. The van der Waals surface area contributed by atoms with Gasteiger partial charge in [-0.2, -0.15) is 0 Å². The summed E-state index contributed by atoms with van der Waals surface area (Å²) in [5, 5.41) is 10.2. The molecule has 0 radical (unpaired) electrons. The molecule has 22 heavy (non-hydrogen) atoms. The lowest BCUT2D eigenvalue weighted by atomic mass is 10.1. The second kappa shape index (κ2) is 10.0. The maximum atomic E-state index is 10.2. The maximum absolute atomic E-state index is 10.2. The first kappa shape index (κ1) is 19.2. The molecule has 0 aliphatic carbocycles. The summed E-state index contributed by atoms with van der Waals surface area (Å²) < 4.78 is 7.70. The first-order valence-electron chi connectivity index (χ1n) is 8.46. The van der Waals surface area contributed by atoms with Crippen LogP contribution in [-0.4, -0.2) is 47.0 Å². The van der Waals surface area contributed by atoms with Gasteiger partial charge >= 0.3 is 0 Å². The summed E-state index contributed by atoms with van der Waals surface area (Å²) in [5.41, 5.74) is 1.28. The highest BCUT2D eigenvalue weighted by Gasteiger charge is 2.14. The highest BCUT2D eigenvalue weighted by Crippen LogP contribution is 2.09. The minimum Gasteiger partial charge on any atom is -0.389 e. The largest absolute Gasteiger partial charge is 0.389 e. The molecule has 1 heterocycles. The molecule has 0 saturated heterocycles. The Morgan fingerprint density at radius 1 is 1.18 bits per heavy atom. The van der Waals surface area contributed by atoms with Crippen molar-refractivity contribution in [3.05, 3.63) is 24.0 Å². The highest BCUT2D eigenvalue weighted by molar-refractivity contribution is 5.06. The number of aryl methyl sites for hydroxylation is 1. The topological polar surface area (TPSA) is 37.6 Å². The van der Waals surface area contributed by atoms with Crippen molar-refractivity contribution < 1.29 is 9.84 Å². The molecule has 1 atom stereocenters. The van der Waals surface area contributed by atoms with E-state index in [4.69, 9.17) is 4.74 Å². The van der Waals surface area contributed by atoms with Crippen molar-refractivity contribution in [1.29, 1.82) is 0 Å². The van der Waals surface area contributed by atoms with Crippen LogP contribution in [0.1, 0.15) is 39.8 Å². The van der Waals surface area contributed by atoms with Gasteiger partial charge in [-0.3, -0.25) is 4.90 Å². The van der Waals surface area contributed by atoms with E-state index in [1.165, 1.54) is 5.69 Å². The van der Waals surface area contributed by atoms with E-state index in [0.29, 0.717) is 31.6 Å². The molecular weight excluding hydrogens is 276 g/mol. The number of aromatic nitrogens is 1. The Kier molecular flexibility index (Phi) is 8.76. The van der Waals surface area contributed by atoms with Gasteiger partial charge < -0.3 is 14.4 Å². The second-order valence-corrected chi connectivity index (χ2v) is 7.11. The van der Waals surface area contributed by atoms with Gasteiger partial charge in [0.1, 0.15) is 0 Å². The third kappa shape index (κ3) is 7.97. The van der Waals surface area contributed by atoms with Gasteiger partial charge in [0, 0.05) is 38.6 Å². The van der Waals surface area contributed by atoms with Crippen LogP contribution >= 0.6 is 0 Å². The standard InChI is InChI=1S/C18H34N2O2/c1-15(2)8-10-20(11-17-7-6-9-19(17)5)12-18(21)14-22-13-16(3)4/h6-7,9,15-16,18,21H,8,10-14H2,1-5H3/t18-/m1/s1. The Morgan fingerprint density at radius 2 is 1.91 bits per heavy atom. The highest BCUT2D eigenvalue weighted by atomic mass is 16.5. The molecule has 0 aromatic carbocycles. The Balaban J connectivity index is 2.48. The predicted molar refractivity (Wildman–Crippen MR) is 91.8 cm³/mol. The van der Waals surface area contributed by atoms with Gasteiger partial charge in [-0.25, -0.2) is 0 Å². The molecule has 0 aliphatic rings. The first-order chi connectivity index (χ1) is 10.4. The van der Waals surface area contributed by atoms with Crippen molar-refractivity contribution >= 4 is 0 Å². The van der Waals surface area contributed by atoms with E-state index < -0.39 is 6.10 Å². The van der Waals surface area contributed by atoms with Crippen LogP contribution in [0.25, 0.3) is 0 Å².